The molecule has 0 saturated heterocycles. The first-order valence-corrected chi connectivity index (χ1v) is 9.25. The topological polar surface area (TPSA) is 72.9 Å². The van der Waals surface area contributed by atoms with E-state index in [1.807, 2.05) is 41.2 Å². The Morgan fingerprint density at radius 1 is 1.04 bits per heavy atom. The summed E-state index contributed by atoms with van der Waals surface area (Å²) in [5.74, 6) is 0. The van der Waals surface area contributed by atoms with Gasteiger partial charge in [0.1, 0.15) is 0 Å². The van der Waals surface area contributed by atoms with Crippen molar-refractivity contribution in [2.75, 3.05) is 5.32 Å². The largest absolute Gasteiger partial charge is 0.356 e. The van der Waals surface area contributed by atoms with Crippen molar-refractivity contribution in [1.82, 2.24) is 29.1 Å². The molecule has 1 N–H and O–H groups in total. The molecule has 4 aromatic heterocycles. The zero-order valence-corrected chi connectivity index (χ0v) is 15.0. The van der Waals surface area contributed by atoms with E-state index in [1.54, 1.807) is 29.4 Å². The number of para-hydroxylation sites is 1. The number of pyridine rings is 1. The maximum absolute atomic E-state index is 4.64. The number of nitrogens with one attached hydrogen (secondary N) is 1. The fourth-order valence-electron chi connectivity index (χ4n) is 2.91. The molecule has 4 heterocycles. The third-order valence-corrected chi connectivity index (χ3v) is 5.08. The van der Waals surface area contributed by atoms with Gasteiger partial charge >= 0.3 is 0 Å². The first-order valence-electron chi connectivity index (χ1n) is 8.43. The van der Waals surface area contributed by atoms with Gasteiger partial charge in [0.05, 0.1) is 23.9 Å². The van der Waals surface area contributed by atoms with Crippen LogP contribution < -0.4 is 5.32 Å². The van der Waals surface area contributed by atoms with Gasteiger partial charge in [0, 0.05) is 36.9 Å². The molecule has 0 aliphatic carbocycles. The van der Waals surface area contributed by atoms with Crippen molar-refractivity contribution in [3.05, 3.63) is 79.3 Å². The molecular weight excluding hydrogens is 358 g/mol. The van der Waals surface area contributed by atoms with E-state index in [1.165, 1.54) is 16.9 Å². The number of aromatic nitrogens is 6. The number of hydrogen-bond acceptors (Lipinski definition) is 6. The van der Waals surface area contributed by atoms with Crippen molar-refractivity contribution in [1.29, 1.82) is 0 Å². The van der Waals surface area contributed by atoms with Crippen molar-refractivity contribution < 1.29 is 0 Å². The van der Waals surface area contributed by atoms with Crippen molar-refractivity contribution in [2.45, 2.75) is 6.54 Å². The van der Waals surface area contributed by atoms with Crippen LogP contribution in [-0.4, -0.2) is 29.1 Å². The van der Waals surface area contributed by atoms with Gasteiger partial charge in [0.2, 0.25) is 10.1 Å². The Morgan fingerprint density at radius 2 is 2.00 bits per heavy atom. The monoisotopic (exact) mass is 373 g/mol. The van der Waals surface area contributed by atoms with Crippen LogP contribution in [0.2, 0.25) is 0 Å². The van der Waals surface area contributed by atoms with E-state index in [0.717, 1.165) is 27.0 Å². The summed E-state index contributed by atoms with van der Waals surface area (Å²) in [6.45, 7) is 0.667. The SMILES string of the molecule is c1cncc(-c2cn3nc(NCc4ccccc4-n4ccnc4)sc3n2)c1. The van der Waals surface area contributed by atoms with Gasteiger partial charge in [-0.25, -0.2) is 14.5 Å². The fourth-order valence-corrected chi connectivity index (χ4v) is 3.69. The molecule has 5 rings (SSSR count). The van der Waals surface area contributed by atoms with Crippen LogP contribution in [0.4, 0.5) is 5.13 Å². The van der Waals surface area contributed by atoms with Gasteiger partial charge < -0.3 is 9.88 Å². The van der Waals surface area contributed by atoms with Crippen LogP contribution in [0.1, 0.15) is 5.56 Å². The van der Waals surface area contributed by atoms with Gasteiger partial charge in [-0.05, 0) is 23.8 Å². The number of fused-ring (bicyclic) bond motifs is 1. The minimum absolute atomic E-state index is 0.667. The van der Waals surface area contributed by atoms with Crippen LogP contribution >= 0.6 is 11.3 Å². The molecule has 0 aliphatic heterocycles. The molecular formula is C19H15N7S. The van der Waals surface area contributed by atoms with Crippen molar-refractivity contribution in [3.8, 4) is 16.9 Å². The summed E-state index contributed by atoms with van der Waals surface area (Å²) in [6.07, 6.45) is 11.0. The second-order valence-electron chi connectivity index (χ2n) is 5.95. The Labute approximate surface area is 159 Å². The van der Waals surface area contributed by atoms with Gasteiger partial charge in [-0.2, -0.15) is 0 Å². The Balaban J connectivity index is 1.37. The number of anilines is 1. The lowest BCUT2D eigenvalue weighted by molar-refractivity contribution is 0.954. The average Bonchev–Trinajstić information content (AvgIpc) is 3.44. The van der Waals surface area contributed by atoms with Crippen LogP contribution in [0.3, 0.4) is 0 Å². The lowest BCUT2D eigenvalue weighted by Gasteiger charge is -2.10. The molecule has 0 atom stereocenters. The predicted octanol–water partition coefficient (Wildman–Crippen LogP) is 3.65. The van der Waals surface area contributed by atoms with Gasteiger partial charge in [-0.15, -0.1) is 5.10 Å². The Hall–Kier alpha value is -3.52. The van der Waals surface area contributed by atoms with E-state index in [2.05, 4.69) is 37.5 Å². The van der Waals surface area contributed by atoms with Crippen molar-refractivity contribution >= 4 is 21.4 Å². The molecule has 1 aromatic carbocycles. The van der Waals surface area contributed by atoms with Gasteiger partial charge in [0.25, 0.3) is 0 Å². The second-order valence-corrected chi connectivity index (χ2v) is 6.91. The fraction of sp³-hybridized carbons (Fsp3) is 0.0526. The Bertz CT molecular complexity index is 1140. The lowest BCUT2D eigenvalue weighted by Crippen LogP contribution is -2.04. The summed E-state index contributed by atoms with van der Waals surface area (Å²) in [4.78, 5) is 13.8. The standard InChI is InChI=1S/C19H15N7S/c1-2-6-17(25-9-8-21-13-25)15(4-1)11-22-18-24-26-12-16(23-19(26)27-18)14-5-3-7-20-10-14/h1-10,12-13H,11H2,(H,22,24). The molecule has 132 valence electrons. The zero-order chi connectivity index (χ0) is 18.1. The molecule has 0 aliphatic rings. The van der Waals surface area contributed by atoms with Crippen LogP contribution in [0.25, 0.3) is 21.9 Å². The summed E-state index contributed by atoms with van der Waals surface area (Å²) in [5.41, 5.74) is 4.12. The highest BCUT2D eigenvalue weighted by Gasteiger charge is 2.10. The molecule has 8 heteroatoms. The second kappa shape index (κ2) is 6.65. The molecule has 0 spiro atoms. The summed E-state index contributed by atoms with van der Waals surface area (Å²) < 4.78 is 3.81. The number of benzene rings is 1. The van der Waals surface area contributed by atoms with E-state index >= 15 is 0 Å². The zero-order valence-electron chi connectivity index (χ0n) is 14.2. The quantitative estimate of drug-likeness (QED) is 0.509. The van der Waals surface area contributed by atoms with Crippen LogP contribution in [0.15, 0.2) is 73.7 Å². The lowest BCUT2D eigenvalue weighted by atomic mass is 10.2. The number of imidazole rings is 2. The highest BCUT2D eigenvalue weighted by atomic mass is 32.1. The average molecular weight is 373 g/mol. The molecule has 0 unspecified atom stereocenters. The van der Waals surface area contributed by atoms with Crippen LogP contribution in [-0.2, 0) is 6.54 Å². The van der Waals surface area contributed by atoms with Crippen molar-refractivity contribution in [2.24, 2.45) is 0 Å². The normalized spacial score (nSPS) is 11.1. The molecule has 7 nitrogen and oxygen atoms in total. The summed E-state index contributed by atoms with van der Waals surface area (Å²) in [6, 6.07) is 12.1. The third kappa shape index (κ3) is 3.06. The molecule has 27 heavy (non-hydrogen) atoms. The molecule has 0 fully saturated rings. The molecule has 0 saturated carbocycles. The van der Waals surface area contributed by atoms with Crippen LogP contribution in [0.5, 0.6) is 0 Å². The summed E-state index contributed by atoms with van der Waals surface area (Å²) >= 11 is 1.53. The Kier molecular flexibility index (Phi) is 3.87. The predicted molar refractivity (Wildman–Crippen MR) is 105 cm³/mol. The molecule has 0 radical (unpaired) electrons. The summed E-state index contributed by atoms with van der Waals surface area (Å²) in [5, 5.41) is 8.82. The Morgan fingerprint density at radius 3 is 2.81 bits per heavy atom. The number of hydrogen-bond donors (Lipinski definition) is 1. The van der Waals surface area contributed by atoms with E-state index in [0.29, 0.717) is 6.54 Å². The molecule has 5 aromatic rings. The van der Waals surface area contributed by atoms with E-state index in [-0.39, 0.29) is 0 Å². The highest BCUT2D eigenvalue weighted by Crippen LogP contribution is 2.25. The maximum atomic E-state index is 4.64. The minimum atomic E-state index is 0.667. The van der Waals surface area contributed by atoms with E-state index in [4.69, 9.17) is 0 Å². The molecule has 0 bridgehead atoms. The van der Waals surface area contributed by atoms with Gasteiger partial charge in [-0.1, -0.05) is 29.5 Å². The van der Waals surface area contributed by atoms with E-state index in [9.17, 15) is 0 Å². The van der Waals surface area contributed by atoms with E-state index < -0.39 is 0 Å². The van der Waals surface area contributed by atoms with Gasteiger partial charge in [0.15, 0.2) is 0 Å². The minimum Gasteiger partial charge on any atom is -0.356 e. The first kappa shape index (κ1) is 15.7. The number of rotatable bonds is 5. The molecule has 0 amide bonds. The third-order valence-electron chi connectivity index (χ3n) is 4.20. The highest BCUT2D eigenvalue weighted by molar-refractivity contribution is 7.20. The first-order chi connectivity index (χ1) is 13.4. The smallest absolute Gasteiger partial charge is 0.214 e. The summed E-state index contributed by atoms with van der Waals surface area (Å²) in [7, 11) is 0. The van der Waals surface area contributed by atoms with Crippen molar-refractivity contribution in [3.63, 3.8) is 0 Å². The van der Waals surface area contributed by atoms with Gasteiger partial charge in [-0.3, -0.25) is 4.98 Å². The number of nitrogens with zero attached hydrogens (tertiary/aromatic N) is 6. The van der Waals surface area contributed by atoms with Crippen LogP contribution in [0, 0.1) is 0 Å². The maximum Gasteiger partial charge on any atom is 0.214 e.